The molecule has 0 N–H and O–H groups in total. The Hall–Kier alpha value is -4.05. The van der Waals surface area contributed by atoms with Gasteiger partial charge in [-0.3, -0.25) is 4.79 Å². The normalized spacial score (nSPS) is 18.4. The molecule has 0 radical (unpaired) electrons. The third-order valence-electron chi connectivity index (χ3n) is 5.16. The van der Waals surface area contributed by atoms with Crippen LogP contribution in [0.1, 0.15) is 23.6 Å². The molecule has 1 unspecified atom stereocenters. The number of hydrazone groups is 1. The Kier molecular flexibility index (Phi) is 5.22. The molecule has 2 heterocycles. The summed E-state index contributed by atoms with van der Waals surface area (Å²) < 4.78 is 27.9. The Bertz CT molecular complexity index is 1220. The molecule has 2 aliphatic heterocycles. The van der Waals surface area contributed by atoms with Crippen LogP contribution in [0.15, 0.2) is 71.9 Å². The monoisotopic (exact) mass is 416 g/mol. The maximum atomic E-state index is 14.5. The van der Waals surface area contributed by atoms with Crippen LogP contribution >= 0.6 is 0 Å². The van der Waals surface area contributed by atoms with E-state index in [2.05, 4.69) is 11.2 Å². The lowest BCUT2D eigenvalue weighted by Gasteiger charge is -2.39. The Balaban J connectivity index is 1.82. The summed E-state index contributed by atoms with van der Waals surface area (Å²) in [5.74, 6) is -1.68. The largest absolute Gasteiger partial charge is 0.349 e. The molecule has 31 heavy (non-hydrogen) atoms. The van der Waals surface area contributed by atoms with E-state index in [0.29, 0.717) is 22.5 Å². The van der Waals surface area contributed by atoms with Crippen LogP contribution in [-0.4, -0.2) is 34.7 Å². The summed E-state index contributed by atoms with van der Waals surface area (Å²) in [6.45, 7) is 1.74. The molecule has 7 heteroatoms. The number of rotatable bonds is 2. The van der Waals surface area contributed by atoms with Crippen molar-refractivity contribution in [2.75, 3.05) is 7.05 Å². The minimum Gasteiger partial charge on any atom is -0.349 e. The van der Waals surface area contributed by atoms with Crippen molar-refractivity contribution in [1.82, 2.24) is 9.91 Å². The van der Waals surface area contributed by atoms with Crippen molar-refractivity contribution >= 4 is 22.9 Å². The van der Waals surface area contributed by atoms with Gasteiger partial charge >= 0.3 is 0 Å². The summed E-state index contributed by atoms with van der Waals surface area (Å²) in [4.78, 5) is 14.8. The van der Waals surface area contributed by atoms with Crippen LogP contribution in [0.4, 0.5) is 8.78 Å². The van der Waals surface area contributed by atoms with E-state index in [9.17, 15) is 13.6 Å². The Morgan fingerprint density at radius 1 is 1.10 bits per heavy atom. The first-order valence-corrected chi connectivity index (χ1v) is 9.56. The van der Waals surface area contributed by atoms with Crippen molar-refractivity contribution in [2.24, 2.45) is 5.10 Å². The fraction of sp³-hybridized carbons (Fsp3) is 0.125. The van der Waals surface area contributed by atoms with Crippen LogP contribution in [-0.2, 0) is 4.79 Å². The Morgan fingerprint density at radius 2 is 1.84 bits per heavy atom. The number of fused-ring (bicyclic) bond motifs is 1. The van der Waals surface area contributed by atoms with Crippen molar-refractivity contribution in [1.29, 1.82) is 5.26 Å². The van der Waals surface area contributed by atoms with Crippen LogP contribution in [0.25, 0.3) is 11.3 Å². The van der Waals surface area contributed by atoms with Crippen LogP contribution in [0.2, 0.25) is 0 Å². The average molecular weight is 416 g/mol. The van der Waals surface area contributed by atoms with Gasteiger partial charge in [-0.15, -0.1) is 0 Å². The first-order valence-electron chi connectivity index (χ1n) is 9.56. The number of benzene rings is 2. The number of likely N-dealkylation sites (N-methyl/N-ethyl adjacent to an activating group) is 1. The van der Waals surface area contributed by atoms with E-state index in [1.54, 1.807) is 56.5 Å². The van der Waals surface area contributed by atoms with Crippen LogP contribution in [0.3, 0.4) is 0 Å². The SMILES string of the molecule is CC1=NN2C(=O)C=C(c3ccc(C#N)cc3)N(C)C2C=C(c2ccc(F)cc2F)C=C1. The minimum absolute atomic E-state index is 0.225. The molecule has 0 saturated heterocycles. The van der Waals surface area contributed by atoms with Gasteiger partial charge in [0.25, 0.3) is 5.91 Å². The van der Waals surface area contributed by atoms with E-state index in [4.69, 9.17) is 5.26 Å². The van der Waals surface area contributed by atoms with Gasteiger partial charge in [-0.2, -0.15) is 10.4 Å². The highest BCUT2D eigenvalue weighted by Gasteiger charge is 2.33. The molecule has 4 rings (SSSR count). The van der Waals surface area contributed by atoms with E-state index >= 15 is 0 Å². The van der Waals surface area contributed by atoms with Gasteiger partial charge in [0.1, 0.15) is 17.8 Å². The van der Waals surface area contributed by atoms with Gasteiger partial charge < -0.3 is 4.90 Å². The number of carbonyl (C=O) groups is 1. The lowest BCUT2D eigenvalue weighted by atomic mass is 10.0. The van der Waals surface area contributed by atoms with Crippen molar-refractivity contribution in [3.63, 3.8) is 0 Å². The number of allylic oxidation sites excluding steroid dienone is 3. The van der Waals surface area contributed by atoms with Crippen LogP contribution in [0, 0.1) is 23.0 Å². The molecular weight excluding hydrogens is 398 g/mol. The van der Waals surface area contributed by atoms with Gasteiger partial charge in [-0.05, 0) is 54.5 Å². The second-order valence-corrected chi connectivity index (χ2v) is 7.25. The molecule has 2 aliphatic rings. The lowest BCUT2D eigenvalue weighted by Crippen LogP contribution is -2.48. The molecule has 0 aromatic heterocycles. The summed E-state index contributed by atoms with van der Waals surface area (Å²) in [6.07, 6.45) is 5.94. The molecule has 5 nitrogen and oxygen atoms in total. The minimum atomic E-state index is -0.690. The molecule has 2 aromatic rings. The predicted octanol–water partition coefficient (Wildman–Crippen LogP) is 4.31. The highest BCUT2D eigenvalue weighted by Crippen LogP contribution is 2.31. The number of nitrogens with zero attached hydrogens (tertiary/aromatic N) is 4. The lowest BCUT2D eigenvalue weighted by molar-refractivity contribution is -0.130. The standard InChI is InChI=1S/C24H18F2N4O/c1-15-3-6-18(20-10-9-19(25)12-21(20)26)11-23-29(2)22(13-24(31)30(23)28-15)17-7-4-16(14-27)5-8-17/h3-13,23H,1-2H3. The summed E-state index contributed by atoms with van der Waals surface area (Å²) in [7, 11) is 1.81. The third kappa shape index (κ3) is 3.88. The van der Waals surface area contributed by atoms with Crippen molar-refractivity contribution < 1.29 is 13.6 Å². The second kappa shape index (κ2) is 8.00. The molecule has 1 amide bonds. The zero-order chi connectivity index (χ0) is 22.1. The molecule has 2 aromatic carbocycles. The molecule has 0 aliphatic carbocycles. The summed E-state index contributed by atoms with van der Waals surface area (Å²) in [5.41, 5.74) is 3.21. The maximum absolute atomic E-state index is 14.5. The van der Waals surface area contributed by atoms with Crippen molar-refractivity contribution in [3.8, 4) is 6.07 Å². The van der Waals surface area contributed by atoms with E-state index in [1.807, 2.05) is 4.90 Å². The zero-order valence-electron chi connectivity index (χ0n) is 16.9. The molecule has 1 atom stereocenters. The zero-order valence-corrected chi connectivity index (χ0v) is 16.9. The number of hydrogen-bond acceptors (Lipinski definition) is 4. The molecular formula is C24H18F2N4O. The van der Waals surface area contributed by atoms with E-state index in [1.165, 1.54) is 23.2 Å². The fourth-order valence-corrected chi connectivity index (χ4v) is 3.55. The van der Waals surface area contributed by atoms with Gasteiger partial charge in [0.15, 0.2) is 0 Å². The molecule has 0 bridgehead atoms. The average Bonchev–Trinajstić information content (AvgIpc) is 2.74. The Morgan fingerprint density at radius 3 is 2.52 bits per heavy atom. The predicted molar refractivity (Wildman–Crippen MR) is 114 cm³/mol. The first kappa shape index (κ1) is 20.2. The van der Waals surface area contributed by atoms with E-state index in [0.717, 1.165) is 11.6 Å². The summed E-state index contributed by atoms with van der Waals surface area (Å²) in [5, 5.41) is 14.8. The van der Waals surface area contributed by atoms with Gasteiger partial charge in [-0.25, -0.2) is 13.8 Å². The number of hydrogen-bond donors (Lipinski definition) is 0. The van der Waals surface area contributed by atoms with Gasteiger partial charge in [-0.1, -0.05) is 18.2 Å². The van der Waals surface area contributed by atoms with Crippen LogP contribution in [0.5, 0.6) is 0 Å². The highest BCUT2D eigenvalue weighted by molar-refractivity contribution is 6.01. The number of halogens is 2. The topological polar surface area (TPSA) is 59.7 Å². The summed E-state index contributed by atoms with van der Waals surface area (Å²) >= 11 is 0. The summed E-state index contributed by atoms with van der Waals surface area (Å²) in [6, 6.07) is 12.4. The van der Waals surface area contributed by atoms with Gasteiger partial charge in [0.2, 0.25) is 0 Å². The molecule has 0 spiro atoms. The van der Waals surface area contributed by atoms with Crippen LogP contribution < -0.4 is 0 Å². The fourth-order valence-electron chi connectivity index (χ4n) is 3.55. The quantitative estimate of drug-likeness (QED) is 0.733. The van der Waals surface area contributed by atoms with Crippen molar-refractivity contribution in [2.45, 2.75) is 13.1 Å². The second-order valence-electron chi connectivity index (χ2n) is 7.25. The highest BCUT2D eigenvalue weighted by atomic mass is 19.1. The molecule has 0 fully saturated rings. The number of carbonyl (C=O) groups excluding carboxylic acids is 1. The third-order valence-corrected chi connectivity index (χ3v) is 5.16. The van der Waals surface area contributed by atoms with Crippen molar-refractivity contribution in [3.05, 3.63) is 95.1 Å². The number of nitriles is 1. The smallest absolute Gasteiger partial charge is 0.271 e. The van der Waals surface area contributed by atoms with E-state index < -0.39 is 17.8 Å². The molecule has 0 saturated carbocycles. The first-order chi connectivity index (χ1) is 14.9. The van der Waals surface area contributed by atoms with Gasteiger partial charge in [0, 0.05) is 24.8 Å². The molecule has 154 valence electrons. The maximum Gasteiger partial charge on any atom is 0.271 e. The number of amides is 1. The Labute approximate surface area is 178 Å². The van der Waals surface area contributed by atoms with E-state index in [-0.39, 0.29) is 11.5 Å². The van der Waals surface area contributed by atoms with Gasteiger partial charge in [0.05, 0.1) is 23.0 Å².